The van der Waals surface area contributed by atoms with Crippen LogP contribution in [0.25, 0.3) is 0 Å². The number of hydrogen-bond donors (Lipinski definition) is 1. The SMILES string of the molecule is OCC1C2CC(CN3CCCCC23)C2CCCCN21. The second kappa shape index (κ2) is 5.01. The van der Waals surface area contributed by atoms with E-state index in [0.29, 0.717) is 12.6 Å². The number of rotatable bonds is 1. The summed E-state index contributed by atoms with van der Waals surface area (Å²) in [5.74, 6) is 1.64. The van der Waals surface area contributed by atoms with Gasteiger partial charge in [0.15, 0.2) is 0 Å². The molecule has 108 valence electrons. The van der Waals surface area contributed by atoms with Crippen molar-refractivity contribution in [1.82, 2.24) is 9.80 Å². The molecule has 5 atom stereocenters. The summed E-state index contributed by atoms with van der Waals surface area (Å²) < 4.78 is 0. The lowest BCUT2D eigenvalue weighted by atomic mass is 9.67. The van der Waals surface area contributed by atoms with Crippen molar-refractivity contribution < 1.29 is 5.11 Å². The monoisotopic (exact) mass is 264 g/mol. The summed E-state index contributed by atoms with van der Waals surface area (Å²) in [6.45, 7) is 4.30. The van der Waals surface area contributed by atoms with Crippen molar-refractivity contribution in [1.29, 1.82) is 0 Å². The van der Waals surface area contributed by atoms with Crippen molar-refractivity contribution >= 4 is 0 Å². The molecule has 0 aliphatic carbocycles. The van der Waals surface area contributed by atoms with E-state index < -0.39 is 0 Å². The average Bonchev–Trinajstić information content (AvgIpc) is 2.48. The molecule has 0 aromatic heterocycles. The Morgan fingerprint density at radius 2 is 1.74 bits per heavy atom. The van der Waals surface area contributed by atoms with Crippen LogP contribution in [0.15, 0.2) is 0 Å². The first-order valence-corrected chi connectivity index (χ1v) is 8.49. The smallest absolute Gasteiger partial charge is 0.0590 e. The van der Waals surface area contributed by atoms with Crippen LogP contribution in [0, 0.1) is 11.8 Å². The van der Waals surface area contributed by atoms with E-state index in [-0.39, 0.29) is 0 Å². The highest BCUT2D eigenvalue weighted by Crippen LogP contribution is 2.45. The Morgan fingerprint density at radius 3 is 2.58 bits per heavy atom. The van der Waals surface area contributed by atoms with Gasteiger partial charge in [0.05, 0.1) is 6.61 Å². The molecule has 4 fully saturated rings. The number of aliphatic hydroxyl groups excluding tert-OH is 1. The van der Waals surface area contributed by atoms with Gasteiger partial charge < -0.3 is 5.11 Å². The van der Waals surface area contributed by atoms with Crippen LogP contribution in [0.1, 0.15) is 44.9 Å². The van der Waals surface area contributed by atoms with Gasteiger partial charge in [0, 0.05) is 24.7 Å². The van der Waals surface area contributed by atoms with Gasteiger partial charge in [0.1, 0.15) is 0 Å². The lowest BCUT2D eigenvalue weighted by Crippen LogP contribution is -2.67. The van der Waals surface area contributed by atoms with Crippen LogP contribution in [0.2, 0.25) is 0 Å². The van der Waals surface area contributed by atoms with Gasteiger partial charge in [-0.25, -0.2) is 0 Å². The van der Waals surface area contributed by atoms with E-state index in [0.717, 1.165) is 23.9 Å². The summed E-state index contributed by atoms with van der Waals surface area (Å²) in [5, 5.41) is 9.97. The minimum absolute atomic E-state index is 0.387. The summed E-state index contributed by atoms with van der Waals surface area (Å²) in [6.07, 6.45) is 9.72. The molecule has 0 saturated carbocycles. The number of nitrogens with zero attached hydrogens (tertiary/aromatic N) is 2. The van der Waals surface area contributed by atoms with Crippen LogP contribution in [0.5, 0.6) is 0 Å². The second-order valence-electron chi connectivity index (χ2n) is 7.27. The van der Waals surface area contributed by atoms with Crippen LogP contribution in [0.3, 0.4) is 0 Å². The first kappa shape index (κ1) is 12.6. The zero-order valence-electron chi connectivity index (χ0n) is 12.0. The second-order valence-corrected chi connectivity index (χ2v) is 7.27. The molecule has 0 radical (unpaired) electrons. The predicted octanol–water partition coefficient (Wildman–Crippen LogP) is 1.71. The first-order valence-electron chi connectivity index (χ1n) is 8.49. The summed E-state index contributed by atoms with van der Waals surface area (Å²) in [5.41, 5.74) is 0. The topological polar surface area (TPSA) is 26.7 Å². The molecular weight excluding hydrogens is 236 g/mol. The van der Waals surface area contributed by atoms with Crippen molar-refractivity contribution in [2.45, 2.75) is 63.1 Å². The molecule has 3 nitrogen and oxygen atoms in total. The quantitative estimate of drug-likeness (QED) is 0.781. The van der Waals surface area contributed by atoms with E-state index in [9.17, 15) is 5.11 Å². The van der Waals surface area contributed by atoms with E-state index in [2.05, 4.69) is 9.80 Å². The molecule has 0 aromatic rings. The normalized spacial score (nSPS) is 47.5. The lowest BCUT2D eigenvalue weighted by Gasteiger charge is -2.60. The number of aliphatic hydroxyl groups is 1. The molecule has 0 spiro atoms. The molecule has 4 saturated heterocycles. The van der Waals surface area contributed by atoms with Gasteiger partial charge in [0.2, 0.25) is 0 Å². The fourth-order valence-electron chi connectivity index (χ4n) is 5.69. The van der Waals surface area contributed by atoms with Crippen molar-refractivity contribution in [3.8, 4) is 0 Å². The molecule has 4 aliphatic heterocycles. The Bertz CT molecular complexity index is 333. The molecule has 0 aromatic carbocycles. The van der Waals surface area contributed by atoms with Gasteiger partial charge in [-0.3, -0.25) is 9.80 Å². The Kier molecular flexibility index (Phi) is 3.33. The first-order chi connectivity index (χ1) is 9.38. The van der Waals surface area contributed by atoms with Gasteiger partial charge in [-0.15, -0.1) is 0 Å². The predicted molar refractivity (Wildman–Crippen MR) is 76.0 cm³/mol. The van der Waals surface area contributed by atoms with E-state index >= 15 is 0 Å². The molecule has 4 aliphatic rings. The highest BCUT2D eigenvalue weighted by Gasteiger charge is 2.50. The molecule has 0 amide bonds. The van der Waals surface area contributed by atoms with Crippen LogP contribution in [-0.4, -0.2) is 59.3 Å². The molecule has 4 rings (SSSR count). The molecule has 2 bridgehead atoms. The summed E-state index contributed by atoms with van der Waals surface area (Å²) in [7, 11) is 0. The third-order valence-electron chi connectivity index (χ3n) is 6.45. The maximum atomic E-state index is 9.97. The van der Waals surface area contributed by atoms with Gasteiger partial charge in [-0.2, -0.15) is 0 Å². The van der Waals surface area contributed by atoms with E-state index in [1.165, 1.54) is 64.6 Å². The molecule has 4 heterocycles. The maximum Gasteiger partial charge on any atom is 0.0590 e. The van der Waals surface area contributed by atoms with Gasteiger partial charge in [0.25, 0.3) is 0 Å². The summed E-state index contributed by atoms with van der Waals surface area (Å²) >= 11 is 0. The Labute approximate surface area is 117 Å². The summed E-state index contributed by atoms with van der Waals surface area (Å²) in [6, 6.07) is 2.03. The molecule has 19 heavy (non-hydrogen) atoms. The van der Waals surface area contributed by atoms with E-state index in [1.54, 1.807) is 0 Å². The van der Waals surface area contributed by atoms with Crippen molar-refractivity contribution in [3.05, 3.63) is 0 Å². The lowest BCUT2D eigenvalue weighted by molar-refractivity contribution is -0.118. The zero-order valence-corrected chi connectivity index (χ0v) is 12.0. The van der Waals surface area contributed by atoms with Crippen LogP contribution >= 0.6 is 0 Å². The highest BCUT2D eigenvalue weighted by molar-refractivity contribution is 5.05. The van der Waals surface area contributed by atoms with Crippen molar-refractivity contribution in [2.24, 2.45) is 11.8 Å². The van der Waals surface area contributed by atoms with Crippen molar-refractivity contribution in [3.63, 3.8) is 0 Å². The van der Waals surface area contributed by atoms with E-state index in [4.69, 9.17) is 0 Å². The van der Waals surface area contributed by atoms with Gasteiger partial charge in [-0.1, -0.05) is 12.8 Å². The molecular formula is C16H28N2O. The number of hydrogen-bond acceptors (Lipinski definition) is 3. The zero-order chi connectivity index (χ0) is 12.8. The fourth-order valence-corrected chi connectivity index (χ4v) is 5.69. The van der Waals surface area contributed by atoms with Crippen molar-refractivity contribution in [2.75, 3.05) is 26.2 Å². The molecule has 5 unspecified atom stereocenters. The standard InChI is InChI=1S/C16H28N2O/c19-11-16-13-9-12(14-5-2-4-8-18(14)16)10-17-7-3-1-6-15(13)17/h12-16,19H,1-11H2. The minimum atomic E-state index is 0.387. The average molecular weight is 264 g/mol. The summed E-state index contributed by atoms with van der Waals surface area (Å²) in [4.78, 5) is 5.51. The minimum Gasteiger partial charge on any atom is -0.395 e. The highest BCUT2D eigenvalue weighted by atomic mass is 16.3. The van der Waals surface area contributed by atoms with Gasteiger partial charge in [-0.05, 0) is 57.0 Å². The van der Waals surface area contributed by atoms with Gasteiger partial charge >= 0.3 is 0 Å². The Hall–Kier alpha value is -0.120. The largest absolute Gasteiger partial charge is 0.395 e. The fraction of sp³-hybridized carbons (Fsp3) is 1.00. The molecule has 3 heteroatoms. The Balaban J connectivity index is 1.63. The van der Waals surface area contributed by atoms with Crippen LogP contribution in [0.4, 0.5) is 0 Å². The number of piperidine rings is 4. The Morgan fingerprint density at radius 1 is 0.947 bits per heavy atom. The third-order valence-corrected chi connectivity index (χ3v) is 6.45. The third kappa shape index (κ3) is 1.97. The number of fused-ring (bicyclic) bond motifs is 6. The molecule has 1 N–H and O–H groups in total. The maximum absolute atomic E-state index is 9.97. The van der Waals surface area contributed by atoms with Crippen LogP contribution in [-0.2, 0) is 0 Å². The van der Waals surface area contributed by atoms with Crippen LogP contribution < -0.4 is 0 Å². The van der Waals surface area contributed by atoms with E-state index in [1.807, 2.05) is 0 Å².